The molecule has 1 N–H and O–H groups in total. The summed E-state index contributed by atoms with van der Waals surface area (Å²) in [5.41, 5.74) is 3.27. The smallest absolute Gasteiger partial charge is 0.247 e. The van der Waals surface area contributed by atoms with E-state index in [0.29, 0.717) is 17.9 Å². The van der Waals surface area contributed by atoms with E-state index in [1.807, 2.05) is 6.07 Å². The summed E-state index contributed by atoms with van der Waals surface area (Å²) in [7, 11) is 0. The molecule has 20 heavy (non-hydrogen) atoms. The van der Waals surface area contributed by atoms with Crippen molar-refractivity contribution in [2.45, 2.75) is 26.3 Å². The molecule has 3 rings (SSSR count). The summed E-state index contributed by atoms with van der Waals surface area (Å²) in [6.07, 6.45) is 2.48. The third-order valence-electron chi connectivity index (χ3n) is 3.89. The molecule has 2 atom stereocenters. The van der Waals surface area contributed by atoms with E-state index in [1.165, 1.54) is 12.0 Å². The Kier molecular flexibility index (Phi) is 3.69. The lowest BCUT2D eigenvalue weighted by atomic mass is 9.99. The first-order valence-corrected chi connectivity index (χ1v) is 6.95. The summed E-state index contributed by atoms with van der Waals surface area (Å²) < 4.78 is 10.7. The van der Waals surface area contributed by atoms with E-state index in [4.69, 9.17) is 9.15 Å². The molecule has 2 unspecified atom stereocenters. The number of hydrogen-bond donors (Lipinski definition) is 1. The first-order chi connectivity index (χ1) is 9.74. The van der Waals surface area contributed by atoms with Crippen LogP contribution >= 0.6 is 0 Å². The van der Waals surface area contributed by atoms with E-state index >= 15 is 0 Å². The average molecular weight is 273 g/mol. The topological polar surface area (TPSA) is 60.2 Å². The molecule has 5 heteroatoms. The Labute approximate surface area is 118 Å². The monoisotopic (exact) mass is 273 g/mol. The van der Waals surface area contributed by atoms with Crippen LogP contribution in [0.1, 0.15) is 18.9 Å². The van der Waals surface area contributed by atoms with Gasteiger partial charge >= 0.3 is 0 Å². The van der Waals surface area contributed by atoms with Gasteiger partial charge < -0.3 is 14.5 Å². The molecule has 1 fully saturated rings. The zero-order valence-electron chi connectivity index (χ0n) is 11.8. The van der Waals surface area contributed by atoms with Crippen LogP contribution in [0.15, 0.2) is 29.0 Å². The summed E-state index contributed by atoms with van der Waals surface area (Å²) in [4.78, 5) is 0. The van der Waals surface area contributed by atoms with E-state index in [1.54, 1.807) is 0 Å². The van der Waals surface area contributed by atoms with Crippen LogP contribution in [0.5, 0.6) is 0 Å². The minimum atomic E-state index is 0.408. The highest BCUT2D eigenvalue weighted by molar-refractivity contribution is 5.62. The van der Waals surface area contributed by atoms with Crippen LogP contribution in [-0.4, -0.2) is 29.5 Å². The fourth-order valence-electron chi connectivity index (χ4n) is 2.57. The van der Waals surface area contributed by atoms with E-state index < -0.39 is 0 Å². The third-order valence-corrected chi connectivity index (χ3v) is 3.89. The van der Waals surface area contributed by atoms with Gasteiger partial charge in [-0.3, -0.25) is 0 Å². The van der Waals surface area contributed by atoms with Crippen molar-refractivity contribution in [1.82, 2.24) is 10.2 Å². The maximum atomic E-state index is 5.45. The van der Waals surface area contributed by atoms with E-state index in [0.717, 1.165) is 30.9 Å². The average Bonchev–Trinajstić information content (AvgIpc) is 3.14. The second-order valence-corrected chi connectivity index (χ2v) is 5.33. The molecular formula is C15H19N3O2. The van der Waals surface area contributed by atoms with Gasteiger partial charge in [-0.15, -0.1) is 10.2 Å². The zero-order valence-corrected chi connectivity index (χ0v) is 11.8. The SMILES string of the molecule is Cc1cc(-c2nnco2)ccc1NC(C)C1CCOC1. The van der Waals surface area contributed by atoms with Gasteiger partial charge in [0, 0.05) is 29.8 Å². The molecule has 106 valence electrons. The maximum absolute atomic E-state index is 5.45. The zero-order chi connectivity index (χ0) is 13.9. The highest BCUT2D eigenvalue weighted by Crippen LogP contribution is 2.26. The van der Waals surface area contributed by atoms with Gasteiger partial charge in [-0.2, -0.15) is 0 Å². The van der Waals surface area contributed by atoms with Crippen LogP contribution in [0.4, 0.5) is 5.69 Å². The Hall–Kier alpha value is -1.88. The quantitative estimate of drug-likeness (QED) is 0.928. The number of nitrogens with zero attached hydrogens (tertiary/aromatic N) is 2. The van der Waals surface area contributed by atoms with E-state index in [-0.39, 0.29) is 0 Å². The van der Waals surface area contributed by atoms with Crippen molar-refractivity contribution in [1.29, 1.82) is 0 Å². The minimum absolute atomic E-state index is 0.408. The predicted molar refractivity (Wildman–Crippen MR) is 76.5 cm³/mol. The lowest BCUT2D eigenvalue weighted by Gasteiger charge is -2.21. The van der Waals surface area contributed by atoms with Crippen LogP contribution < -0.4 is 5.32 Å². The number of ether oxygens (including phenoxy) is 1. The Morgan fingerprint density at radius 3 is 2.95 bits per heavy atom. The lowest BCUT2D eigenvalue weighted by Crippen LogP contribution is -2.26. The molecular weight excluding hydrogens is 254 g/mol. The number of nitrogens with one attached hydrogen (secondary N) is 1. The van der Waals surface area contributed by atoms with E-state index in [2.05, 4.69) is 41.5 Å². The Morgan fingerprint density at radius 2 is 2.30 bits per heavy atom. The van der Waals surface area contributed by atoms with Crippen molar-refractivity contribution in [3.05, 3.63) is 30.2 Å². The van der Waals surface area contributed by atoms with Crippen LogP contribution in [0.25, 0.3) is 11.5 Å². The number of hydrogen-bond acceptors (Lipinski definition) is 5. The van der Waals surface area contributed by atoms with Crippen LogP contribution in [0, 0.1) is 12.8 Å². The summed E-state index contributed by atoms with van der Waals surface area (Å²) in [6.45, 7) is 6.03. The maximum Gasteiger partial charge on any atom is 0.247 e. The van der Waals surface area contributed by atoms with Gasteiger partial charge in [-0.25, -0.2) is 0 Å². The molecule has 2 aromatic rings. The predicted octanol–water partition coefficient (Wildman–Crippen LogP) is 2.88. The highest BCUT2D eigenvalue weighted by atomic mass is 16.5. The molecule has 1 aliphatic heterocycles. The summed E-state index contributed by atoms with van der Waals surface area (Å²) in [6, 6.07) is 6.54. The largest absolute Gasteiger partial charge is 0.423 e. The Bertz CT molecular complexity index is 563. The fourth-order valence-corrected chi connectivity index (χ4v) is 2.57. The standard InChI is InChI=1S/C15H19N3O2/c1-10-7-12(15-18-16-9-20-15)3-4-14(10)17-11(2)13-5-6-19-8-13/h3-4,7,9,11,13,17H,5-6,8H2,1-2H3. The summed E-state index contributed by atoms with van der Waals surface area (Å²) in [5, 5.41) is 11.2. The molecule has 1 aliphatic rings. The molecule has 0 spiro atoms. The first-order valence-electron chi connectivity index (χ1n) is 6.95. The van der Waals surface area contributed by atoms with Gasteiger partial charge in [-0.05, 0) is 44.0 Å². The lowest BCUT2D eigenvalue weighted by molar-refractivity contribution is 0.183. The minimum Gasteiger partial charge on any atom is -0.423 e. The van der Waals surface area contributed by atoms with Crippen LogP contribution in [-0.2, 0) is 4.74 Å². The molecule has 0 amide bonds. The highest BCUT2D eigenvalue weighted by Gasteiger charge is 2.22. The number of aromatic nitrogens is 2. The fraction of sp³-hybridized carbons (Fsp3) is 0.467. The number of rotatable bonds is 4. The third kappa shape index (κ3) is 2.67. The molecule has 0 aliphatic carbocycles. The summed E-state index contributed by atoms with van der Waals surface area (Å²) >= 11 is 0. The van der Waals surface area contributed by atoms with Crippen molar-refractivity contribution in [3.8, 4) is 11.5 Å². The molecule has 0 radical (unpaired) electrons. The van der Waals surface area contributed by atoms with Crippen molar-refractivity contribution < 1.29 is 9.15 Å². The van der Waals surface area contributed by atoms with Gasteiger partial charge in [0.05, 0.1) is 6.61 Å². The van der Waals surface area contributed by atoms with Crippen LogP contribution in [0.2, 0.25) is 0 Å². The molecule has 2 heterocycles. The molecule has 5 nitrogen and oxygen atoms in total. The molecule has 1 aromatic carbocycles. The molecule has 1 aromatic heterocycles. The Balaban J connectivity index is 1.74. The van der Waals surface area contributed by atoms with Gasteiger partial charge in [0.25, 0.3) is 0 Å². The molecule has 1 saturated heterocycles. The first kappa shape index (κ1) is 13.1. The molecule has 0 bridgehead atoms. The van der Waals surface area contributed by atoms with Gasteiger partial charge in [-0.1, -0.05) is 0 Å². The van der Waals surface area contributed by atoms with Crippen molar-refractivity contribution >= 4 is 5.69 Å². The van der Waals surface area contributed by atoms with Gasteiger partial charge in [0.2, 0.25) is 12.3 Å². The van der Waals surface area contributed by atoms with Gasteiger partial charge in [0.1, 0.15) is 0 Å². The second kappa shape index (κ2) is 5.63. The van der Waals surface area contributed by atoms with Crippen molar-refractivity contribution in [2.75, 3.05) is 18.5 Å². The Morgan fingerprint density at radius 1 is 1.40 bits per heavy atom. The van der Waals surface area contributed by atoms with Crippen molar-refractivity contribution in [2.24, 2.45) is 5.92 Å². The summed E-state index contributed by atoms with van der Waals surface area (Å²) in [5.74, 6) is 1.14. The second-order valence-electron chi connectivity index (χ2n) is 5.33. The van der Waals surface area contributed by atoms with Gasteiger partial charge in [0.15, 0.2) is 0 Å². The van der Waals surface area contributed by atoms with Crippen LogP contribution in [0.3, 0.4) is 0 Å². The van der Waals surface area contributed by atoms with E-state index in [9.17, 15) is 0 Å². The molecule has 0 saturated carbocycles. The number of anilines is 1. The van der Waals surface area contributed by atoms with Crippen molar-refractivity contribution in [3.63, 3.8) is 0 Å². The number of aryl methyl sites for hydroxylation is 1. The normalized spacial score (nSPS) is 20.0. The number of benzene rings is 1.